The number of carboxylic acids is 1. The summed E-state index contributed by atoms with van der Waals surface area (Å²) in [6, 6.07) is 12.8. The summed E-state index contributed by atoms with van der Waals surface area (Å²) >= 11 is 7.35. The van der Waals surface area contributed by atoms with Crippen molar-refractivity contribution in [1.29, 1.82) is 0 Å². The van der Waals surface area contributed by atoms with Gasteiger partial charge in [0.15, 0.2) is 4.80 Å². The van der Waals surface area contributed by atoms with E-state index in [1.54, 1.807) is 46.7 Å². The molecule has 1 N–H and O–H groups in total. The molecule has 0 saturated carbocycles. The van der Waals surface area contributed by atoms with Crippen LogP contribution in [0.25, 0.3) is 6.08 Å². The van der Waals surface area contributed by atoms with Crippen molar-refractivity contribution < 1.29 is 14.7 Å². The van der Waals surface area contributed by atoms with Gasteiger partial charge in [-0.3, -0.25) is 14.2 Å². The molecule has 2 heterocycles. The van der Waals surface area contributed by atoms with Crippen LogP contribution in [-0.2, 0) is 4.79 Å². The van der Waals surface area contributed by atoms with Crippen molar-refractivity contribution in [2.45, 2.75) is 26.8 Å². The summed E-state index contributed by atoms with van der Waals surface area (Å²) in [5.41, 5.74) is 2.38. The highest BCUT2D eigenvalue weighted by Crippen LogP contribution is 2.31. The van der Waals surface area contributed by atoms with E-state index in [1.165, 1.54) is 23.5 Å². The van der Waals surface area contributed by atoms with Crippen LogP contribution in [-0.4, -0.2) is 39.5 Å². The molecule has 35 heavy (non-hydrogen) atoms. The van der Waals surface area contributed by atoms with Crippen LogP contribution in [0.2, 0.25) is 5.02 Å². The van der Waals surface area contributed by atoms with E-state index < -0.39 is 12.0 Å². The van der Waals surface area contributed by atoms with Crippen LogP contribution >= 0.6 is 22.9 Å². The Balaban J connectivity index is 1.91. The highest BCUT2D eigenvalue weighted by atomic mass is 35.5. The van der Waals surface area contributed by atoms with Gasteiger partial charge in [-0.2, -0.15) is 0 Å². The van der Waals surface area contributed by atoms with Gasteiger partial charge in [-0.05, 0) is 62.2 Å². The van der Waals surface area contributed by atoms with Crippen LogP contribution < -0.4 is 14.9 Å². The minimum absolute atomic E-state index is 0.158. The third-order valence-corrected chi connectivity index (χ3v) is 7.18. The zero-order chi connectivity index (χ0) is 25.3. The van der Waals surface area contributed by atoms with E-state index in [0.29, 0.717) is 44.3 Å². The van der Waals surface area contributed by atoms with Crippen molar-refractivity contribution >= 4 is 40.9 Å². The highest BCUT2D eigenvalue weighted by molar-refractivity contribution is 7.07. The number of aromatic nitrogens is 1. The molecule has 1 aliphatic rings. The van der Waals surface area contributed by atoms with Crippen molar-refractivity contribution in [2.75, 3.05) is 13.1 Å². The standard InChI is InChI=1S/C26H24ClN3O4S/c1-4-29(5-2)24(32)21-15(3)28-26-30(22(21)17-10-12-19(27)13-11-17)23(31)20(35-26)14-16-6-8-18(9-7-16)25(33)34/h6-14,22H,4-5H2,1-3H3,(H,33,34)/b20-14+/t22-/m1/s1. The molecule has 2 aromatic carbocycles. The Hall–Kier alpha value is -3.49. The predicted molar refractivity (Wildman–Crippen MR) is 137 cm³/mol. The summed E-state index contributed by atoms with van der Waals surface area (Å²) < 4.78 is 2.00. The number of fused-ring (bicyclic) bond motifs is 1. The van der Waals surface area contributed by atoms with Gasteiger partial charge in [0.05, 0.1) is 27.4 Å². The van der Waals surface area contributed by atoms with E-state index in [2.05, 4.69) is 4.99 Å². The van der Waals surface area contributed by atoms with E-state index in [0.717, 1.165) is 5.56 Å². The zero-order valence-corrected chi connectivity index (χ0v) is 21.1. The molecule has 7 nitrogen and oxygen atoms in total. The Bertz CT molecular complexity index is 1500. The van der Waals surface area contributed by atoms with Gasteiger partial charge >= 0.3 is 5.97 Å². The number of amides is 1. The number of allylic oxidation sites excluding steroid dienone is 1. The first-order valence-electron chi connectivity index (χ1n) is 11.2. The number of carbonyl (C=O) groups is 2. The maximum absolute atomic E-state index is 13.6. The summed E-state index contributed by atoms with van der Waals surface area (Å²) in [6.07, 6.45) is 1.71. The van der Waals surface area contributed by atoms with E-state index in [1.807, 2.05) is 26.0 Å². The summed E-state index contributed by atoms with van der Waals surface area (Å²) in [5.74, 6) is -1.17. The van der Waals surface area contributed by atoms with Crippen LogP contribution in [0.4, 0.5) is 0 Å². The average molecular weight is 510 g/mol. The van der Waals surface area contributed by atoms with Crippen molar-refractivity contribution in [3.63, 3.8) is 0 Å². The van der Waals surface area contributed by atoms with Gasteiger partial charge in [0.2, 0.25) is 0 Å². The van der Waals surface area contributed by atoms with Gasteiger partial charge in [0.25, 0.3) is 11.5 Å². The molecular formula is C26H24ClN3O4S. The van der Waals surface area contributed by atoms with Crippen molar-refractivity contribution in [3.8, 4) is 0 Å². The first kappa shape index (κ1) is 24.6. The molecule has 9 heteroatoms. The number of carbonyl (C=O) groups excluding carboxylic acids is 1. The topological polar surface area (TPSA) is 92.0 Å². The van der Waals surface area contributed by atoms with Gasteiger partial charge in [-0.15, -0.1) is 0 Å². The van der Waals surface area contributed by atoms with E-state index in [4.69, 9.17) is 16.7 Å². The second-order valence-corrected chi connectivity index (χ2v) is 9.48. The number of thiazole rings is 1. The van der Waals surface area contributed by atoms with E-state index in [9.17, 15) is 14.4 Å². The molecule has 0 aliphatic carbocycles. The lowest BCUT2D eigenvalue weighted by atomic mass is 9.94. The monoisotopic (exact) mass is 509 g/mol. The van der Waals surface area contributed by atoms with E-state index >= 15 is 0 Å². The molecule has 4 rings (SSSR count). The number of nitrogens with zero attached hydrogens (tertiary/aromatic N) is 3. The quantitative estimate of drug-likeness (QED) is 0.551. The molecule has 0 unspecified atom stereocenters. The minimum Gasteiger partial charge on any atom is -0.478 e. The van der Waals surface area contributed by atoms with Gasteiger partial charge in [0, 0.05) is 18.1 Å². The first-order valence-corrected chi connectivity index (χ1v) is 12.3. The zero-order valence-electron chi connectivity index (χ0n) is 19.5. The number of carboxylic acid groups (broad SMARTS) is 1. The number of hydrogen-bond acceptors (Lipinski definition) is 5. The SMILES string of the molecule is CCN(CC)C(=O)C1=C(C)N=c2s/c(=C/c3ccc(C(=O)O)cc3)c(=O)n2[C@@H]1c1ccc(Cl)cc1. The van der Waals surface area contributed by atoms with Gasteiger partial charge in [-0.25, -0.2) is 9.79 Å². The lowest BCUT2D eigenvalue weighted by Crippen LogP contribution is -2.43. The predicted octanol–water partition coefficient (Wildman–Crippen LogP) is 3.46. The molecule has 1 amide bonds. The number of rotatable bonds is 6. The lowest BCUT2D eigenvalue weighted by molar-refractivity contribution is -0.127. The van der Waals surface area contributed by atoms with Gasteiger partial charge in [-0.1, -0.05) is 47.2 Å². The molecule has 0 saturated heterocycles. The van der Waals surface area contributed by atoms with E-state index in [-0.39, 0.29) is 17.0 Å². The fraction of sp³-hybridized carbons (Fsp3) is 0.231. The smallest absolute Gasteiger partial charge is 0.335 e. The highest BCUT2D eigenvalue weighted by Gasteiger charge is 2.34. The number of likely N-dealkylation sites (N-methyl/N-ethyl adjacent to an activating group) is 1. The average Bonchev–Trinajstić information content (AvgIpc) is 3.14. The second-order valence-electron chi connectivity index (χ2n) is 8.04. The molecule has 1 atom stereocenters. The number of aromatic carboxylic acids is 1. The van der Waals surface area contributed by atoms with Crippen LogP contribution in [0.5, 0.6) is 0 Å². The Labute approximate surface area is 210 Å². The summed E-state index contributed by atoms with van der Waals surface area (Å²) in [4.78, 5) is 45.2. The van der Waals surface area contributed by atoms with Gasteiger partial charge in [0.1, 0.15) is 0 Å². The largest absolute Gasteiger partial charge is 0.478 e. The normalized spacial score (nSPS) is 15.5. The Morgan fingerprint density at radius 3 is 2.31 bits per heavy atom. The first-order chi connectivity index (χ1) is 16.7. The molecule has 3 aromatic rings. The summed E-state index contributed by atoms with van der Waals surface area (Å²) in [7, 11) is 0. The molecule has 0 radical (unpaired) electrons. The molecule has 180 valence electrons. The number of halogens is 1. The van der Waals surface area contributed by atoms with Crippen LogP contribution in [0, 0.1) is 0 Å². The summed E-state index contributed by atoms with van der Waals surface area (Å²) in [6.45, 7) is 6.70. The van der Waals surface area contributed by atoms with Crippen molar-refractivity contribution in [3.05, 3.63) is 101 Å². The Morgan fingerprint density at radius 2 is 1.74 bits per heavy atom. The molecule has 0 bridgehead atoms. The number of benzene rings is 2. The molecule has 0 spiro atoms. The minimum atomic E-state index is -1.01. The summed E-state index contributed by atoms with van der Waals surface area (Å²) in [5, 5.41) is 9.68. The lowest BCUT2D eigenvalue weighted by Gasteiger charge is -2.29. The fourth-order valence-electron chi connectivity index (χ4n) is 4.11. The Kier molecular flexibility index (Phi) is 7.05. The van der Waals surface area contributed by atoms with Crippen molar-refractivity contribution in [2.24, 2.45) is 4.99 Å². The third-order valence-electron chi connectivity index (χ3n) is 5.94. The van der Waals surface area contributed by atoms with Crippen LogP contribution in [0.3, 0.4) is 0 Å². The maximum Gasteiger partial charge on any atom is 0.335 e. The van der Waals surface area contributed by atoms with Crippen LogP contribution in [0.1, 0.15) is 48.3 Å². The van der Waals surface area contributed by atoms with Crippen LogP contribution in [0.15, 0.2) is 69.6 Å². The van der Waals surface area contributed by atoms with Gasteiger partial charge < -0.3 is 10.0 Å². The fourth-order valence-corrected chi connectivity index (χ4v) is 5.28. The molecule has 0 fully saturated rings. The third kappa shape index (κ3) is 4.72. The van der Waals surface area contributed by atoms with Crippen molar-refractivity contribution in [1.82, 2.24) is 9.47 Å². The maximum atomic E-state index is 13.6. The molecular weight excluding hydrogens is 486 g/mol. The Morgan fingerprint density at radius 1 is 1.11 bits per heavy atom. The molecule has 1 aromatic heterocycles. The molecule has 1 aliphatic heterocycles. The second kappa shape index (κ2) is 10.0. The number of hydrogen-bond donors (Lipinski definition) is 1.